The predicted octanol–water partition coefficient (Wildman–Crippen LogP) is 3.66. The molecule has 0 saturated heterocycles. The molecule has 0 fully saturated rings. The maximum Gasteiger partial charge on any atom is 0.270 e. The van der Waals surface area contributed by atoms with Gasteiger partial charge in [-0.2, -0.15) is 0 Å². The first kappa shape index (κ1) is 21.7. The quantitative estimate of drug-likeness (QED) is 0.431. The maximum atomic E-state index is 12.5. The molecule has 0 radical (unpaired) electrons. The molecule has 7 nitrogen and oxygen atoms in total. The second kappa shape index (κ2) is 10.2. The van der Waals surface area contributed by atoms with Crippen LogP contribution < -0.4 is 10.6 Å². The number of hydrogen-bond donors (Lipinski definition) is 2. The summed E-state index contributed by atoms with van der Waals surface area (Å²) >= 11 is 0. The number of hydrogen-bond acceptors (Lipinski definition) is 4. The molecule has 3 aromatic rings. The summed E-state index contributed by atoms with van der Waals surface area (Å²) in [5.74, 6) is -0.948. The van der Waals surface area contributed by atoms with Gasteiger partial charge in [0.2, 0.25) is 5.91 Å². The lowest BCUT2D eigenvalue weighted by molar-refractivity contribution is -0.384. The third-order valence-electron chi connectivity index (χ3n) is 4.93. The lowest BCUT2D eigenvalue weighted by Crippen LogP contribution is -2.43. The molecule has 31 heavy (non-hydrogen) atoms. The summed E-state index contributed by atoms with van der Waals surface area (Å²) in [6, 6.07) is 24.9. The van der Waals surface area contributed by atoms with Crippen LogP contribution in [0.25, 0.3) is 0 Å². The van der Waals surface area contributed by atoms with E-state index in [1.807, 2.05) is 67.6 Å². The molecular formula is C24H23N3O4. The zero-order valence-corrected chi connectivity index (χ0v) is 17.0. The number of non-ortho nitro benzene ring substituents is 1. The van der Waals surface area contributed by atoms with E-state index in [4.69, 9.17) is 0 Å². The average Bonchev–Trinajstić information content (AvgIpc) is 2.79. The molecule has 1 unspecified atom stereocenters. The Hall–Kier alpha value is -4.00. The van der Waals surface area contributed by atoms with Crippen molar-refractivity contribution in [1.29, 1.82) is 0 Å². The summed E-state index contributed by atoms with van der Waals surface area (Å²) in [5, 5.41) is 16.3. The third-order valence-corrected chi connectivity index (χ3v) is 4.93. The van der Waals surface area contributed by atoms with Crippen molar-refractivity contribution in [2.45, 2.75) is 18.9 Å². The second-order valence-electron chi connectivity index (χ2n) is 7.15. The number of nitrogens with one attached hydrogen (secondary N) is 2. The molecular weight excluding hydrogens is 394 g/mol. The van der Waals surface area contributed by atoms with E-state index in [0.29, 0.717) is 0 Å². The van der Waals surface area contributed by atoms with Gasteiger partial charge in [0.05, 0.1) is 11.5 Å². The van der Waals surface area contributed by atoms with Crippen LogP contribution in [0.5, 0.6) is 0 Å². The Kier molecular flexibility index (Phi) is 7.11. The minimum atomic E-state index is -0.571. The van der Waals surface area contributed by atoms with Crippen molar-refractivity contribution in [3.8, 4) is 0 Å². The van der Waals surface area contributed by atoms with Crippen LogP contribution in [0.2, 0.25) is 0 Å². The van der Waals surface area contributed by atoms with E-state index in [1.165, 1.54) is 24.3 Å². The lowest BCUT2D eigenvalue weighted by Gasteiger charge is -2.26. The number of nitro benzene ring substituents is 1. The molecule has 0 aliphatic carbocycles. The smallest absolute Gasteiger partial charge is 0.270 e. The zero-order valence-electron chi connectivity index (χ0n) is 17.0. The Labute approximate surface area is 180 Å². The highest BCUT2D eigenvalue weighted by molar-refractivity contribution is 5.97. The van der Waals surface area contributed by atoms with Crippen LogP contribution >= 0.6 is 0 Å². The SMILES string of the molecule is CC(NC(=O)CNC(=O)c1cccc([N+](=O)[O-])c1)C(c1ccccc1)c1ccccc1. The van der Waals surface area contributed by atoms with Gasteiger partial charge in [-0.15, -0.1) is 0 Å². The van der Waals surface area contributed by atoms with Crippen LogP contribution in [0.15, 0.2) is 84.9 Å². The number of amides is 2. The van der Waals surface area contributed by atoms with Crippen LogP contribution in [0.3, 0.4) is 0 Å². The lowest BCUT2D eigenvalue weighted by atomic mass is 9.86. The predicted molar refractivity (Wildman–Crippen MR) is 118 cm³/mol. The number of carbonyl (C=O) groups excluding carboxylic acids is 2. The molecule has 0 aliphatic heterocycles. The summed E-state index contributed by atoms with van der Waals surface area (Å²) in [4.78, 5) is 35.1. The molecule has 158 valence electrons. The molecule has 0 saturated carbocycles. The van der Waals surface area contributed by atoms with Gasteiger partial charge < -0.3 is 10.6 Å². The molecule has 7 heteroatoms. The highest BCUT2D eigenvalue weighted by atomic mass is 16.6. The monoisotopic (exact) mass is 417 g/mol. The van der Waals surface area contributed by atoms with Gasteiger partial charge in [0.1, 0.15) is 0 Å². The van der Waals surface area contributed by atoms with Gasteiger partial charge in [-0.25, -0.2) is 0 Å². The first-order valence-electron chi connectivity index (χ1n) is 9.87. The molecule has 2 amide bonds. The van der Waals surface area contributed by atoms with Gasteiger partial charge in [-0.05, 0) is 24.1 Å². The Balaban J connectivity index is 1.65. The first-order chi connectivity index (χ1) is 15.0. The minimum absolute atomic E-state index is 0.0566. The van der Waals surface area contributed by atoms with Crippen LogP contribution in [0, 0.1) is 10.1 Å². The Morgan fingerprint density at radius 3 is 2.03 bits per heavy atom. The summed E-state index contributed by atoms with van der Waals surface area (Å²) < 4.78 is 0. The van der Waals surface area contributed by atoms with E-state index in [-0.39, 0.29) is 35.7 Å². The standard InChI is InChI=1S/C24H23N3O4/c1-17(23(18-9-4-2-5-10-18)19-11-6-3-7-12-19)26-22(28)16-25-24(29)20-13-8-14-21(15-20)27(30)31/h2-15,17,23H,16H2,1H3,(H,25,29)(H,26,28). The highest BCUT2D eigenvalue weighted by Crippen LogP contribution is 2.27. The molecule has 0 aromatic heterocycles. The third kappa shape index (κ3) is 5.76. The Morgan fingerprint density at radius 2 is 1.48 bits per heavy atom. The normalized spacial score (nSPS) is 11.5. The fourth-order valence-corrected chi connectivity index (χ4v) is 3.50. The highest BCUT2D eigenvalue weighted by Gasteiger charge is 2.23. The Morgan fingerprint density at radius 1 is 0.903 bits per heavy atom. The number of carbonyl (C=O) groups is 2. The second-order valence-corrected chi connectivity index (χ2v) is 7.15. The van der Waals surface area contributed by atoms with Crippen molar-refractivity contribution in [2.75, 3.05) is 6.54 Å². The topological polar surface area (TPSA) is 101 Å². The van der Waals surface area contributed by atoms with Crippen molar-refractivity contribution in [1.82, 2.24) is 10.6 Å². The van der Waals surface area contributed by atoms with E-state index >= 15 is 0 Å². The first-order valence-corrected chi connectivity index (χ1v) is 9.87. The Bertz CT molecular complexity index is 1020. The van der Waals surface area contributed by atoms with Crippen molar-refractivity contribution < 1.29 is 14.5 Å². The molecule has 3 aromatic carbocycles. The summed E-state index contributed by atoms with van der Waals surface area (Å²) in [5.41, 5.74) is 2.09. The van der Waals surface area contributed by atoms with Gasteiger partial charge in [-0.3, -0.25) is 19.7 Å². The molecule has 0 heterocycles. The van der Waals surface area contributed by atoms with Crippen molar-refractivity contribution >= 4 is 17.5 Å². The van der Waals surface area contributed by atoms with Gasteiger partial charge in [0.25, 0.3) is 11.6 Å². The zero-order chi connectivity index (χ0) is 22.2. The molecule has 2 N–H and O–H groups in total. The molecule has 0 bridgehead atoms. The van der Waals surface area contributed by atoms with Gasteiger partial charge in [0, 0.05) is 29.7 Å². The minimum Gasteiger partial charge on any atom is -0.351 e. The fourth-order valence-electron chi connectivity index (χ4n) is 3.50. The van der Waals surface area contributed by atoms with Gasteiger partial charge in [0.15, 0.2) is 0 Å². The largest absolute Gasteiger partial charge is 0.351 e. The van der Waals surface area contributed by atoms with E-state index in [9.17, 15) is 19.7 Å². The van der Waals surface area contributed by atoms with Crippen molar-refractivity contribution in [3.63, 3.8) is 0 Å². The van der Waals surface area contributed by atoms with Crippen LogP contribution in [-0.4, -0.2) is 29.3 Å². The maximum absolute atomic E-state index is 12.5. The van der Waals surface area contributed by atoms with Gasteiger partial charge in [-0.1, -0.05) is 66.7 Å². The average molecular weight is 417 g/mol. The summed E-state index contributed by atoms with van der Waals surface area (Å²) in [6.45, 7) is 1.69. The van der Waals surface area contributed by atoms with E-state index < -0.39 is 10.8 Å². The number of nitrogens with zero attached hydrogens (tertiary/aromatic N) is 1. The molecule has 1 atom stereocenters. The van der Waals surface area contributed by atoms with Crippen LogP contribution in [0.4, 0.5) is 5.69 Å². The van der Waals surface area contributed by atoms with E-state index in [0.717, 1.165) is 11.1 Å². The summed E-state index contributed by atoms with van der Waals surface area (Å²) in [6.07, 6.45) is 0. The van der Waals surface area contributed by atoms with Crippen molar-refractivity contribution in [3.05, 3.63) is 112 Å². The van der Waals surface area contributed by atoms with Gasteiger partial charge >= 0.3 is 0 Å². The molecule has 0 spiro atoms. The summed E-state index contributed by atoms with van der Waals surface area (Å²) in [7, 11) is 0. The van der Waals surface area contributed by atoms with E-state index in [2.05, 4.69) is 10.6 Å². The number of benzene rings is 3. The molecule has 3 rings (SSSR count). The number of nitro groups is 1. The van der Waals surface area contributed by atoms with Crippen molar-refractivity contribution in [2.24, 2.45) is 0 Å². The molecule has 0 aliphatic rings. The van der Waals surface area contributed by atoms with Crippen LogP contribution in [0.1, 0.15) is 34.3 Å². The van der Waals surface area contributed by atoms with E-state index in [1.54, 1.807) is 0 Å². The number of rotatable bonds is 8. The fraction of sp³-hybridized carbons (Fsp3) is 0.167. The van der Waals surface area contributed by atoms with Crippen LogP contribution in [-0.2, 0) is 4.79 Å².